The number of Topliss-reactive ketones (excluding diaryl/α,β-unsaturated/α-hetero) is 1. The van der Waals surface area contributed by atoms with Crippen LogP contribution in [-0.2, 0) is 4.74 Å². The fraction of sp³-hybridized carbons (Fsp3) is 0.176. The van der Waals surface area contributed by atoms with E-state index in [0.29, 0.717) is 11.5 Å². The zero-order valence-electron chi connectivity index (χ0n) is 12.7. The minimum Gasteiger partial charge on any atom is -0.497 e. The molecule has 2 aromatic carbocycles. The summed E-state index contributed by atoms with van der Waals surface area (Å²) >= 11 is 0. The Morgan fingerprint density at radius 2 is 1.74 bits per heavy atom. The van der Waals surface area contributed by atoms with E-state index in [4.69, 9.17) is 14.2 Å². The van der Waals surface area contributed by atoms with Crippen molar-refractivity contribution in [3.05, 3.63) is 59.4 Å². The number of halogens is 1. The lowest BCUT2D eigenvalue weighted by atomic mass is 10.1. The number of hydrogen-bond donors (Lipinski definition) is 0. The van der Waals surface area contributed by atoms with Gasteiger partial charge in [0.15, 0.2) is 6.61 Å². The molecule has 6 heteroatoms. The molecule has 0 amide bonds. The molecule has 0 unspecified atom stereocenters. The van der Waals surface area contributed by atoms with Gasteiger partial charge in [0.25, 0.3) is 0 Å². The van der Waals surface area contributed by atoms with E-state index in [1.807, 2.05) is 0 Å². The SMILES string of the molecule is COc1ccc(OC)c(C(=O)COC(=O)c2ccccc2F)c1. The molecule has 120 valence electrons. The fourth-order valence-corrected chi connectivity index (χ4v) is 1.95. The van der Waals surface area contributed by atoms with Gasteiger partial charge < -0.3 is 14.2 Å². The number of esters is 1. The summed E-state index contributed by atoms with van der Waals surface area (Å²) in [6.45, 7) is -0.531. The molecule has 0 fully saturated rings. The number of methoxy groups -OCH3 is 2. The van der Waals surface area contributed by atoms with Crippen molar-refractivity contribution < 1.29 is 28.2 Å². The lowest BCUT2D eigenvalue weighted by Gasteiger charge is -2.10. The molecule has 0 aliphatic rings. The average Bonchev–Trinajstić information content (AvgIpc) is 2.59. The molecule has 23 heavy (non-hydrogen) atoms. The Hall–Kier alpha value is -2.89. The molecule has 2 rings (SSSR count). The molecule has 0 aliphatic carbocycles. The number of carbonyl (C=O) groups excluding carboxylic acids is 2. The lowest BCUT2D eigenvalue weighted by molar-refractivity contribution is 0.0469. The fourth-order valence-electron chi connectivity index (χ4n) is 1.95. The van der Waals surface area contributed by atoms with E-state index < -0.39 is 24.2 Å². The van der Waals surface area contributed by atoms with E-state index in [9.17, 15) is 14.0 Å². The highest BCUT2D eigenvalue weighted by Gasteiger charge is 2.18. The quantitative estimate of drug-likeness (QED) is 0.605. The number of hydrogen-bond acceptors (Lipinski definition) is 5. The highest BCUT2D eigenvalue weighted by Crippen LogP contribution is 2.24. The van der Waals surface area contributed by atoms with Crippen LogP contribution in [0.15, 0.2) is 42.5 Å². The van der Waals surface area contributed by atoms with Gasteiger partial charge in [-0.1, -0.05) is 12.1 Å². The van der Waals surface area contributed by atoms with Crippen LogP contribution < -0.4 is 9.47 Å². The molecule has 0 aliphatic heterocycles. The van der Waals surface area contributed by atoms with Crippen molar-refractivity contribution in [2.75, 3.05) is 20.8 Å². The summed E-state index contributed by atoms with van der Waals surface area (Å²) < 4.78 is 28.5. The van der Waals surface area contributed by atoms with Gasteiger partial charge in [-0.05, 0) is 30.3 Å². The van der Waals surface area contributed by atoms with Gasteiger partial charge >= 0.3 is 5.97 Å². The molecule has 0 saturated heterocycles. The molecule has 0 heterocycles. The minimum absolute atomic E-state index is 0.216. The highest BCUT2D eigenvalue weighted by atomic mass is 19.1. The smallest absolute Gasteiger partial charge is 0.341 e. The van der Waals surface area contributed by atoms with Crippen LogP contribution in [0.25, 0.3) is 0 Å². The van der Waals surface area contributed by atoms with E-state index in [1.54, 1.807) is 12.1 Å². The van der Waals surface area contributed by atoms with Gasteiger partial charge in [-0.15, -0.1) is 0 Å². The number of ketones is 1. The van der Waals surface area contributed by atoms with Crippen LogP contribution in [-0.4, -0.2) is 32.6 Å². The van der Waals surface area contributed by atoms with Gasteiger partial charge in [-0.25, -0.2) is 9.18 Å². The molecule has 0 spiro atoms. The Kier molecular flexibility index (Phi) is 5.30. The predicted octanol–water partition coefficient (Wildman–Crippen LogP) is 2.88. The third-order valence-corrected chi connectivity index (χ3v) is 3.14. The number of ether oxygens (including phenoxy) is 3. The Bertz CT molecular complexity index is 727. The Morgan fingerprint density at radius 1 is 1.00 bits per heavy atom. The van der Waals surface area contributed by atoms with Crippen LogP contribution >= 0.6 is 0 Å². The normalized spacial score (nSPS) is 10.0. The van der Waals surface area contributed by atoms with Crippen molar-refractivity contribution in [2.24, 2.45) is 0 Å². The van der Waals surface area contributed by atoms with E-state index in [1.165, 1.54) is 38.5 Å². The first-order valence-electron chi connectivity index (χ1n) is 6.73. The molecule has 0 aromatic heterocycles. The summed E-state index contributed by atoms with van der Waals surface area (Å²) in [6, 6.07) is 10.1. The maximum absolute atomic E-state index is 13.5. The van der Waals surface area contributed by atoms with E-state index in [0.717, 1.165) is 6.07 Å². The molecule has 0 saturated carbocycles. The maximum Gasteiger partial charge on any atom is 0.341 e. The van der Waals surface area contributed by atoms with Crippen LogP contribution in [0.5, 0.6) is 11.5 Å². The third kappa shape index (κ3) is 3.85. The second-order valence-electron chi connectivity index (χ2n) is 4.55. The standard InChI is InChI=1S/C17H15FO5/c1-21-11-7-8-16(22-2)13(9-11)15(19)10-23-17(20)12-5-3-4-6-14(12)18/h3-9H,10H2,1-2H3. The topological polar surface area (TPSA) is 61.8 Å². The summed E-state index contributed by atoms with van der Waals surface area (Å²) in [5.74, 6) is -1.29. The molecule has 0 N–H and O–H groups in total. The average molecular weight is 318 g/mol. The third-order valence-electron chi connectivity index (χ3n) is 3.14. The van der Waals surface area contributed by atoms with Gasteiger partial charge in [-0.2, -0.15) is 0 Å². The largest absolute Gasteiger partial charge is 0.497 e. The molecule has 0 atom stereocenters. The van der Waals surface area contributed by atoms with E-state index in [2.05, 4.69) is 0 Å². The van der Waals surface area contributed by atoms with Crippen molar-refractivity contribution in [3.8, 4) is 11.5 Å². The summed E-state index contributed by atoms with van der Waals surface area (Å²) in [7, 11) is 2.89. The predicted molar refractivity (Wildman–Crippen MR) is 80.6 cm³/mol. The second kappa shape index (κ2) is 7.40. The van der Waals surface area contributed by atoms with Gasteiger partial charge in [0.1, 0.15) is 17.3 Å². The van der Waals surface area contributed by atoms with Gasteiger partial charge in [0.05, 0.1) is 25.3 Å². The molecular weight excluding hydrogens is 303 g/mol. The molecule has 2 aromatic rings. The summed E-state index contributed by atoms with van der Waals surface area (Å²) in [5, 5.41) is 0. The number of rotatable bonds is 6. The molecule has 0 radical (unpaired) electrons. The van der Waals surface area contributed by atoms with Gasteiger partial charge in [-0.3, -0.25) is 4.79 Å². The first-order chi connectivity index (χ1) is 11.1. The van der Waals surface area contributed by atoms with Gasteiger partial charge in [0.2, 0.25) is 5.78 Å². The van der Waals surface area contributed by atoms with Crippen LogP contribution in [0.4, 0.5) is 4.39 Å². The number of carbonyl (C=O) groups is 2. The maximum atomic E-state index is 13.5. The van der Waals surface area contributed by atoms with Crippen molar-refractivity contribution in [1.82, 2.24) is 0 Å². The molecular formula is C17H15FO5. The van der Waals surface area contributed by atoms with Crippen LogP contribution in [0.3, 0.4) is 0 Å². The summed E-state index contributed by atoms with van der Waals surface area (Å²) in [6.07, 6.45) is 0. The van der Waals surface area contributed by atoms with Crippen molar-refractivity contribution in [3.63, 3.8) is 0 Å². The zero-order chi connectivity index (χ0) is 16.8. The summed E-state index contributed by atoms with van der Waals surface area (Å²) in [5.41, 5.74) is -0.00825. The Morgan fingerprint density at radius 3 is 2.39 bits per heavy atom. The summed E-state index contributed by atoms with van der Waals surface area (Å²) in [4.78, 5) is 24.0. The van der Waals surface area contributed by atoms with Crippen molar-refractivity contribution >= 4 is 11.8 Å². The van der Waals surface area contributed by atoms with E-state index >= 15 is 0 Å². The van der Waals surface area contributed by atoms with Crippen LogP contribution in [0.2, 0.25) is 0 Å². The Labute approximate surface area is 132 Å². The van der Waals surface area contributed by atoms with Crippen molar-refractivity contribution in [2.45, 2.75) is 0 Å². The monoisotopic (exact) mass is 318 g/mol. The lowest BCUT2D eigenvalue weighted by Crippen LogP contribution is -2.16. The van der Waals surface area contributed by atoms with Crippen LogP contribution in [0, 0.1) is 5.82 Å². The van der Waals surface area contributed by atoms with Crippen LogP contribution in [0.1, 0.15) is 20.7 Å². The highest BCUT2D eigenvalue weighted by molar-refractivity contribution is 6.01. The van der Waals surface area contributed by atoms with Gasteiger partial charge in [0, 0.05) is 0 Å². The Balaban J connectivity index is 2.11. The second-order valence-corrected chi connectivity index (χ2v) is 4.55. The first-order valence-corrected chi connectivity index (χ1v) is 6.73. The van der Waals surface area contributed by atoms with E-state index in [-0.39, 0.29) is 11.1 Å². The minimum atomic E-state index is -0.904. The molecule has 0 bridgehead atoms. The first kappa shape index (κ1) is 16.5. The van der Waals surface area contributed by atoms with Crippen molar-refractivity contribution in [1.29, 1.82) is 0 Å². The molecule has 5 nitrogen and oxygen atoms in total. The number of benzene rings is 2. The zero-order valence-corrected chi connectivity index (χ0v) is 12.7.